The van der Waals surface area contributed by atoms with E-state index in [0.29, 0.717) is 37.4 Å². The van der Waals surface area contributed by atoms with Gasteiger partial charge in [-0.15, -0.1) is 0 Å². The van der Waals surface area contributed by atoms with E-state index in [2.05, 4.69) is 10.5 Å². The first-order valence-electron chi connectivity index (χ1n) is 8.38. The first kappa shape index (κ1) is 18.9. The Labute approximate surface area is 143 Å². The van der Waals surface area contributed by atoms with Gasteiger partial charge in [0.15, 0.2) is 5.76 Å². The van der Waals surface area contributed by atoms with Gasteiger partial charge in [-0.05, 0) is 46.5 Å². The van der Waals surface area contributed by atoms with Gasteiger partial charge in [0.1, 0.15) is 10.6 Å². The molecular formula is C16H27N3O4S. The van der Waals surface area contributed by atoms with Gasteiger partial charge in [-0.25, -0.2) is 8.42 Å². The maximum atomic E-state index is 12.8. The summed E-state index contributed by atoms with van der Waals surface area (Å²) in [5.74, 6) is 0.438. The average Bonchev–Trinajstić information content (AvgIpc) is 2.85. The van der Waals surface area contributed by atoms with Crippen molar-refractivity contribution in [2.45, 2.75) is 58.4 Å². The summed E-state index contributed by atoms with van der Waals surface area (Å²) >= 11 is 0. The molecule has 0 radical (unpaired) electrons. The fourth-order valence-corrected chi connectivity index (χ4v) is 4.98. The third kappa shape index (κ3) is 3.80. The van der Waals surface area contributed by atoms with Crippen molar-refractivity contribution < 1.29 is 17.7 Å². The van der Waals surface area contributed by atoms with Crippen molar-refractivity contribution in [2.75, 3.05) is 13.1 Å². The molecule has 1 atom stereocenters. The lowest BCUT2D eigenvalue weighted by atomic mass is 9.85. The summed E-state index contributed by atoms with van der Waals surface area (Å²) in [4.78, 5) is 12.3. The Morgan fingerprint density at radius 2 is 1.83 bits per heavy atom. The summed E-state index contributed by atoms with van der Waals surface area (Å²) in [6.07, 6.45) is 1.35. The normalized spacial score (nSPS) is 18.8. The Balaban J connectivity index is 2.04. The minimum atomic E-state index is -3.59. The fraction of sp³-hybridized carbons (Fsp3) is 0.750. The largest absolute Gasteiger partial charge is 0.360 e. The molecule has 1 aliphatic rings. The van der Waals surface area contributed by atoms with E-state index < -0.39 is 10.0 Å². The number of rotatable bonds is 5. The van der Waals surface area contributed by atoms with Gasteiger partial charge in [0.05, 0.1) is 0 Å². The standard InChI is InChI=1S/C16H27N3O4S/c1-10(2)17-16(20)11(3)14-6-8-19(9-7-14)24(21,22)15-12(4)18-23-13(15)5/h10-11,14H,6-9H2,1-5H3,(H,17,20)/t11-/m1/s1. The Morgan fingerprint density at radius 3 is 2.29 bits per heavy atom. The van der Waals surface area contributed by atoms with Gasteiger partial charge >= 0.3 is 0 Å². The van der Waals surface area contributed by atoms with Gasteiger partial charge in [-0.2, -0.15) is 4.31 Å². The van der Waals surface area contributed by atoms with Crippen molar-refractivity contribution in [3.05, 3.63) is 11.5 Å². The number of nitrogens with one attached hydrogen (secondary N) is 1. The van der Waals surface area contributed by atoms with Gasteiger partial charge in [-0.3, -0.25) is 4.79 Å². The Bertz CT molecular complexity index is 669. The van der Waals surface area contributed by atoms with Crippen molar-refractivity contribution >= 4 is 15.9 Å². The van der Waals surface area contributed by atoms with Crippen LogP contribution in [0.4, 0.5) is 0 Å². The molecule has 136 valence electrons. The fourth-order valence-electron chi connectivity index (χ4n) is 3.22. The molecule has 1 saturated heterocycles. The van der Waals surface area contributed by atoms with Crippen LogP contribution in [-0.4, -0.2) is 42.9 Å². The van der Waals surface area contributed by atoms with E-state index in [1.54, 1.807) is 13.8 Å². The molecule has 0 unspecified atom stereocenters. The zero-order valence-corrected chi connectivity index (χ0v) is 15.8. The highest BCUT2D eigenvalue weighted by molar-refractivity contribution is 7.89. The third-order valence-electron chi connectivity index (χ3n) is 4.62. The number of aryl methyl sites for hydroxylation is 2. The van der Waals surface area contributed by atoms with Gasteiger partial charge in [0, 0.05) is 25.0 Å². The van der Waals surface area contributed by atoms with Gasteiger partial charge in [0.2, 0.25) is 15.9 Å². The molecule has 7 nitrogen and oxygen atoms in total. The number of sulfonamides is 1. The average molecular weight is 357 g/mol. The highest BCUT2D eigenvalue weighted by Crippen LogP contribution is 2.30. The predicted molar refractivity (Wildman–Crippen MR) is 89.9 cm³/mol. The van der Waals surface area contributed by atoms with Crippen LogP contribution in [0, 0.1) is 25.7 Å². The topological polar surface area (TPSA) is 92.5 Å². The molecule has 0 aromatic carbocycles. The predicted octanol–water partition coefficient (Wildman–Crippen LogP) is 1.85. The molecule has 8 heteroatoms. The number of aromatic nitrogens is 1. The summed E-state index contributed by atoms with van der Waals surface area (Å²) in [5, 5.41) is 6.66. The van der Waals surface area contributed by atoms with Crippen LogP contribution < -0.4 is 5.32 Å². The van der Waals surface area contributed by atoms with Crippen LogP contribution >= 0.6 is 0 Å². The minimum Gasteiger partial charge on any atom is -0.360 e. The molecule has 24 heavy (non-hydrogen) atoms. The SMILES string of the molecule is Cc1noc(C)c1S(=O)(=O)N1CCC([C@@H](C)C(=O)NC(C)C)CC1. The van der Waals surface area contributed by atoms with Crippen molar-refractivity contribution in [2.24, 2.45) is 11.8 Å². The molecule has 1 amide bonds. The second kappa shape index (κ2) is 7.23. The monoisotopic (exact) mass is 357 g/mol. The summed E-state index contributed by atoms with van der Waals surface area (Å²) in [6, 6.07) is 0.111. The molecule has 2 rings (SSSR count). The third-order valence-corrected chi connectivity index (χ3v) is 6.76. The zero-order valence-electron chi connectivity index (χ0n) is 15.0. The first-order valence-corrected chi connectivity index (χ1v) is 9.82. The Hall–Kier alpha value is -1.41. The van der Waals surface area contributed by atoms with Crippen LogP contribution in [0.25, 0.3) is 0 Å². The van der Waals surface area contributed by atoms with Crippen LogP contribution in [0.3, 0.4) is 0 Å². The molecule has 1 aromatic rings. The lowest BCUT2D eigenvalue weighted by molar-refractivity contribution is -0.127. The van der Waals surface area contributed by atoms with Crippen LogP contribution in [0.5, 0.6) is 0 Å². The van der Waals surface area contributed by atoms with Gasteiger partial charge in [-0.1, -0.05) is 12.1 Å². The van der Waals surface area contributed by atoms with Crippen LogP contribution in [0.1, 0.15) is 45.1 Å². The highest BCUT2D eigenvalue weighted by atomic mass is 32.2. The number of hydrogen-bond acceptors (Lipinski definition) is 5. The van der Waals surface area contributed by atoms with E-state index in [-0.39, 0.29) is 28.7 Å². The van der Waals surface area contributed by atoms with E-state index in [1.807, 2.05) is 20.8 Å². The number of amides is 1. The maximum Gasteiger partial charge on any atom is 0.248 e. The van der Waals surface area contributed by atoms with E-state index >= 15 is 0 Å². The number of piperidine rings is 1. The molecule has 0 bridgehead atoms. The molecule has 2 heterocycles. The van der Waals surface area contributed by atoms with Crippen molar-refractivity contribution in [3.63, 3.8) is 0 Å². The number of nitrogens with zero attached hydrogens (tertiary/aromatic N) is 2. The number of carbonyl (C=O) groups is 1. The lowest BCUT2D eigenvalue weighted by Gasteiger charge is -2.33. The van der Waals surface area contributed by atoms with E-state index in [4.69, 9.17) is 4.52 Å². The second-order valence-electron chi connectivity index (χ2n) is 6.85. The highest BCUT2D eigenvalue weighted by Gasteiger charge is 2.36. The molecule has 0 aliphatic carbocycles. The molecule has 1 N–H and O–H groups in total. The van der Waals surface area contributed by atoms with Crippen LogP contribution in [0.2, 0.25) is 0 Å². The van der Waals surface area contributed by atoms with Gasteiger partial charge < -0.3 is 9.84 Å². The van der Waals surface area contributed by atoms with Crippen LogP contribution in [0.15, 0.2) is 9.42 Å². The first-order chi connectivity index (χ1) is 11.1. The Morgan fingerprint density at radius 1 is 1.25 bits per heavy atom. The Kier molecular flexibility index (Phi) is 5.70. The number of hydrogen-bond donors (Lipinski definition) is 1. The summed E-state index contributed by atoms with van der Waals surface area (Å²) in [7, 11) is -3.59. The summed E-state index contributed by atoms with van der Waals surface area (Å²) in [6.45, 7) is 9.85. The molecule has 1 aromatic heterocycles. The minimum absolute atomic E-state index is 0.0389. The molecular weight excluding hydrogens is 330 g/mol. The summed E-state index contributed by atoms with van der Waals surface area (Å²) < 4.78 is 32.1. The van der Waals surface area contributed by atoms with Gasteiger partial charge in [0.25, 0.3) is 0 Å². The van der Waals surface area contributed by atoms with Crippen molar-refractivity contribution in [1.29, 1.82) is 0 Å². The van der Waals surface area contributed by atoms with Crippen molar-refractivity contribution in [1.82, 2.24) is 14.8 Å². The second-order valence-corrected chi connectivity index (χ2v) is 8.72. The quantitative estimate of drug-likeness (QED) is 0.868. The molecule has 0 spiro atoms. The van der Waals surface area contributed by atoms with Crippen molar-refractivity contribution in [3.8, 4) is 0 Å². The molecule has 1 fully saturated rings. The molecule has 1 aliphatic heterocycles. The number of carbonyl (C=O) groups excluding carboxylic acids is 1. The van der Waals surface area contributed by atoms with E-state index in [0.717, 1.165) is 0 Å². The molecule has 0 saturated carbocycles. The zero-order chi connectivity index (χ0) is 18.1. The smallest absolute Gasteiger partial charge is 0.248 e. The van der Waals surface area contributed by atoms with E-state index in [9.17, 15) is 13.2 Å². The summed E-state index contributed by atoms with van der Waals surface area (Å²) in [5.41, 5.74) is 0.388. The van der Waals surface area contributed by atoms with E-state index in [1.165, 1.54) is 4.31 Å². The lowest BCUT2D eigenvalue weighted by Crippen LogP contribution is -2.43. The maximum absolute atomic E-state index is 12.8. The van der Waals surface area contributed by atoms with Crippen LogP contribution in [-0.2, 0) is 14.8 Å².